The van der Waals surface area contributed by atoms with E-state index >= 15 is 0 Å². The Labute approximate surface area is 210 Å². The largest absolute Gasteiger partial charge is 0.497 e. The molecule has 0 radical (unpaired) electrons. The minimum absolute atomic E-state index is 0.167. The smallest absolute Gasteiger partial charge is 0.338 e. The lowest BCUT2D eigenvalue weighted by Gasteiger charge is -2.26. The Morgan fingerprint density at radius 3 is 2.72 bits per heavy atom. The normalized spacial score (nSPS) is 16.4. The van der Waals surface area contributed by atoms with Gasteiger partial charge in [-0.3, -0.25) is 9.36 Å². The van der Waals surface area contributed by atoms with Gasteiger partial charge in [0.25, 0.3) is 5.56 Å². The topological polar surface area (TPSA) is 97.6 Å². The first-order valence-electron chi connectivity index (χ1n) is 11.3. The van der Waals surface area contributed by atoms with Crippen LogP contribution in [-0.4, -0.2) is 38.2 Å². The zero-order chi connectivity index (χ0) is 25.4. The predicted octanol–water partition coefficient (Wildman–Crippen LogP) is 2.54. The Morgan fingerprint density at radius 1 is 1.17 bits per heavy atom. The van der Waals surface area contributed by atoms with Crippen LogP contribution in [0.4, 0.5) is 0 Å². The van der Waals surface area contributed by atoms with Crippen LogP contribution in [0, 0.1) is 0 Å². The van der Waals surface area contributed by atoms with Gasteiger partial charge in [0.15, 0.2) is 16.3 Å². The van der Waals surface area contributed by atoms with Crippen LogP contribution in [0.25, 0.3) is 6.08 Å². The third kappa shape index (κ3) is 4.03. The molecule has 3 heterocycles. The van der Waals surface area contributed by atoms with Crippen molar-refractivity contribution >= 4 is 23.4 Å². The predicted molar refractivity (Wildman–Crippen MR) is 133 cm³/mol. The van der Waals surface area contributed by atoms with Gasteiger partial charge in [-0.1, -0.05) is 17.4 Å². The molecule has 1 aromatic heterocycles. The summed E-state index contributed by atoms with van der Waals surface area (Å²) in [6.45, 7) is 3.83. The molecule has 186 valence electrons. The second-order valence-corrected chi connectivity index (χ2v) is 9.03. The van der Waals surface area contributed by atoms with Gasteiger partial charge < -0.3 is 23.7 Å². The molecule has 3 aromatic rings. The molecule has 2 aliphatic heterocycles. The number of thiazole rings is 1. The van der Waals surface area contributed by atoms with Gasteiger partial charge in [-0.25, -0.2) is 9.79 Å². The van der Waals surface area contributed by atoms with E-state index in [-0.39, 0.29) is 24.5 Å². The Morgan fingerprint density at radius 2 is 1.97 bits per heavy atom. The van der Waals surface area contributed by atoms with Crippen molar-refractivity contribution in [2.45, 2.75) is 19.9 Å². The van der Waals surface area contributed by atoms with E-state index in [4.69, 9.17) is 23.7 Å². The Hall–Kier alpha value is -4.05. The van der Waals surface area contributed by atoms with Crippen molar-refractivity contribution < 1.29 is 28.5 Å². The van der Waals surface area contributed by atoms with Crippen molar-refractivity contribution in [1.82, 2.24) is 4.57 Å². The second kappa shape index (κ2) is 9.54. The molecule has 1 atom stereocenters. The summed E-state index contributed by atoms with van der Waals surface area (Å²) < 4.78 is 29.1. The number of aromatic nitrogens is 1. The van der Waals surface area contributed by atoms with Gasteiger partial charge in [-0.15, -0.1) is 0 Å². The highest BCUT2D eigenvalue weighted by Crippen LogP contribution is 2.37. The highest BCUT2D eigenvalue weighted by Gasteiger charge is 2.35. The number of methoxy groups -OCH3 is 2. The summed E-state index contributed by atoms with van der Waals surface area (Å²) in [6.07, 6.45) is 1.78. The van der Waals surface area contributed by atoms with Gasteiger partial charge in [0.05, 0.1) is 36.6 Å². The van der Waals surface area contributed by atoms with Gasteiger partial charge >= 0.3 is 5.97 Å². The van der Waals surface area contributed by atoms with Crippen molar-refractivity contribution in [2.24, 2.45) is 4.99 Å². The third-order valence-electron chi connectivity index (χ3n) is 5.95. The van der Waals surface area contributed by atoms with Crippen molar-refractivity contribution in [2.75, 3.05) is 27.6 Å². The minimum Gasteiger partial charge on any atom is -0.497 e. The molecule has 0 amide bonds. The summed E-state index contributed by atoms with van der Waals surface area (Å²) >= 11 is 1.24. The lowest BCUT2D eigenvalue weighted by atomic mass is 9.95. The molecule has 2 aliphatic rings. The molecule has 0 fully saturated rings. The SMILES string of the molecule is CCOC(=O)C1=C(C)N=c2sc(=Cc3ccc4c(c3)OCO4)c(=O)n2[C@H]1c1ccc(OC)cc1OC. The highest BCUT2D eigenvalue weighted by atomic mass is 32.1. The number of hydrogen-bond acceptors (Lipinski definition) is 9. The third-order valence-corrected chi connectivity index (χ3v) is 6.93. The summed E-state index contributed by atoms with van der Waals surface area (Å²) in [5.74, 6) is 1.81. The van der Waals surface area contributed by atoms with E-state index in [1.54, 1.807) is 51.3 Å². The van der Waals surface area contributed by atoms with E-state index in [1.165, 1.54) is 23.0 Å². The molecule has 0 saturated heterocycles. The lowest BCUT2D eigenvalue weighted by molar-refractivity contribution is -0.139. The fourth-order valence-corrected chi connectivity index (χ4v) is 5.33. The molecule has 0 N–H and O–H groups in total. The maximum atomic E-state index is 13.8. The summed E-state index contributed by atoms with van der Waals surface area (Å²) in [5.41, 5.74) is 1.87. The van der Waals surface area contributed by atoms with E-state index in [0.29, 0.717) is 43.6 Å². The van der Waals surface area contributed by atoms with Crippen molar-refractivity contribution in [3.05, 3.63) is 78.5 Å². The maximum Gasteiger partial charge on any atom is 0.338 e. The monoisotopic (exact) mass is 508 g/mol. The van der Waals surface area contributed by atoms with Gasteiger partial charge in [-0.2, -0.15) is 0 Å². The van der Waals surface area contributed by atoms with E-state index in [0.717, 1.165) is 5.56 Å². The van der Waals surface area contributed by atoms with E-state index in [1.807, 2.05) is 12.1 Å². The van der Waals surface area contributed by atoms with Crippen LogP contribution in [0.1, 0.15) is 31.0 Å². The molecule has 0 saturated carbocycles. The molecule has 0 unspecified atom stereocenters. The van der Waals surface area contributed by atoms with Crippen LogP contribution in [0.2, 0.25) is 0 Å². The molecule has 0 spiro atoms. The molecular formula is C26H24N2O7S. The van der Waals surface area contributed by atoms with E-state index < -0.39 is 12.0 Å². The number of fused-ring (bicyclic) bond motifs is 2. The van der Waals surface area contributed by atoms with Crippen LogP contribution >= 0.6 is 11.3 Å². The number of ether oxygens (including phenoxy) is 5. The zero-order valence-corrected chi connectivity index (χ0v) is 21.0. The lowest BCUT2D eigenvalue weighted by Crippen LogP contribution is -2.40. The number of carbonyl (C=O) groups is 1. The minimum atomic E-state index is -0.792. The number of rotatable bonds is 6. The highest BCUT2D eigenvalue weighted by molar-refractivity contribution is 7.07. The van der Waals surface area contributed by atoms with Crippen LogP contribution in [0.5, 0.6) is 23.0 Å². The molecule has 5 rings (SSSR count). The number of carbonyl (C=O) groups excluding carboxylic acids is 1. The van der Waals surface area contributed by atoms with Crippen LogP contribution in [0.15, 0.2) is 57.5 Å². The second-order valence-electron chi connectivity index (χ2n) is 8.02. The van der Waals surface area contributed by atoms with Gasteiger partial charge in [-0.05, 0) is 49.8 Å². The van der Waals surface area contributed by atoms with Crippen LogP contribution in [0.3, 0.4) is 0 Å². The van der Waals surface area contributed by atoms with Crippen LogP contribution < -0.4 is 33.8 Å². The number of nitrogens with zero attached hydrogens (tertiary/aromatic N) is 2. The molecule has 2 aromatic carbocycles. The molecule has 9 nitrogen and oxygen atoms in total. The fourth-order valence-electron chi connectivity index (χ4n) is 4.28. The number of allylic oxidation sites excluding steroid dienone is 1. The number of esters is 1. The Balaban J connectivity index is 1.72. The van der Waals surface area contributed by atoms with E-state index in [2.05, 4.69) is 4.99 Å². The van der Waals surface area contributed by atoms with Gasteiger partial charge in [0.1, 0.15) is 17.5 Å². The average molecular weight is 509 g/mol. The van der Waals surface area contributed by atoms with E-state index in [9.17, 15) is 9.59 Å². The van der Waals surface area contributed by atoms with Crippen molar-refractivity contribution in [1.29, 1.82) is 0 Å². The summed E-state index contributed by atoms with van der Waals surface area (Å²) in [6, 6.07) is 9.95. The standard InChI is InChI=1S/C26H24N2O7S/c1-5-33-25(30)22-14(2)27-26-28(23(22)17-8-7-16(31-3)12-19(17)32-4)24(29)21(36-26)11-15-6-9-18-20(10-15)35-13-34-18/h6-12,23H,5,13H2,1-4H3/t23-/m0/s1. The van der Waals surface area contributed by atoms with Gasteiger partial charge in [0, 0.05) is 11.6 Å². The summed E-state index contributed by atoms with van der Waals surface area (Å²) in [4.78, 5) is 31.9. The first kappa shape index (κ1) is 23.7. The van der Waals surface area contributed by atoms with Crippen LogP contribution in [-0.2, 0) is 9.53 Å². The first-order valence-corrected chi connectivity index (χ1v) is 12.1. The summed E-state index contributed by atoms with van der Waals surface area (Å²) in [5, 5.41) is 0. The average Bonchev–Trinajstić information content (AvgIpc) is 3.46. The number of hydrogen-bond donors (Lipinski definition) is 0. The molecule has 10 heteroatoms. The quantitative estimate of drug-likeness (QED) is 0.472. The first-order chi connectivity index (χ1) is 17.4. The Kier molecular flexibility index (Phi) is 6.27. The number of benzene rings is 2. The van der Waals surface area contributed by atoms with Crippen molar-refractivity contribution in [3.8, 4) is 23.0 Å². The fraction of sp³-hybridized carbons (Fsp3) is 0.269. The maximum absolute atomic E-state index is 13.8. The molecule has 0 bridgehead atoms. The van der Waals surface area contributed by atoms with Crippen molar-refractivity contribution in [3.63, 3.8) is 0 Å². The van der Waals surface area contributed by atoms with Gasteiger partial charge in [0.2, 0.25) is 6.79 Å². The molecule has 36 heavy (non-hydrogen) atoms. The Bertz CT molecular complexity index is 1570. The zero-order valence-electron chi connectivity index (χ0n) is 20.2. The molecular weight excluding hydrogens is 484 g/mol. The molecule has 0 aliphatic carbocycles. The summed E-state index contributed by atoms with van der Waals surface area (Å²) in [7, 11) is 3.09.